The van der Waals surface area contributed by atoms with Crippen molar-refractivity contribution in [3.05, 3.63) is 17.2 Å². The van der Waals surface area contributed by atoms with Crippen LogP contribution in [-0.2, 0) is 19.4 Å². The summed E-state index contributed by atoms with van der Waals surface area (Å²) in [6.07, 6.45) is 5.64. The molecule has 0 saturated heterocycles. The van der Waals surface area contributed by atoms with Gasteiger partial charge in [-0.05, 0) is 52.9 Å². The van der Waals surface area contributed by atoms with Crippen molar-refractivity contribution in [1.82, 2.24) is 14.9 Å². The fourth-order valence-corrected chi connectivity index (χ4v) is 2.88. The lowest BCUT2D eigenvalue weighted by Crippen LogP contribution is -2.34. The maximum atomic E-state index is 9.17. The standard InChI is InChI=1S/C15H24N4/c1-11(2)17-13(10-16)8-9-19-12(3)18-14-6-4-5-7-15(14)19/h11,13,17H,4-9H2,1-3H3. The van der Waals surface area contributed by atoms with Gasteiger partial charge in [-0.15, -0.1) is 0 Å². The van der Waals surface area contributed by atoms with E-state index < -0.39 is 0 Å². The van der Waals surface area contributed by atoms with Gasteiger partial charge in [0.25, 0.3) is 0 Å². The van der Waals surface area contributed by atoms with Crippen molar-refractivity contribution in [3.63, 3.8) is 0 Å². The van der Waals surface area contributed by atoms with E-state index in [-0.39, 0.29) is 6.04 Å². The second-order valence-electron chi connectivity index (χ2n) is 5.70. The first-order chi connectivity index (χ1) is 9.11. The van der Waals surface area contributed by atoms with E-state index in [2.05, 4.69) is 41.7 Å². The number of hydrogen-bond acceptors (Lipinski definition) is 3. The van der Waals surface area contributed by atoms with Crippen LogP contribution in [0.5, 0.6) is 0 Å². The number of nitrogens with one attached hydrogen (secondary N) is 1. The van der Waals surface area contributed by atoms with Crippen LogP contribution in [0.3, 0.4) is 0 Å². The third-order valence-corrected chi connectivity index (χ3v) is 3.76. The molecule has 1 heterocycles. The van der Waals surface area contributed by atoms with Gasteiger partial charge >= 0.3 is 0 Å². The zero-order valence-electron chi connectivity index (χ0n) is 12.2. The lowest BCUT2D eigenvalue weighted by atomic mass is 10.0. The van der Waals surface area contributed by atoms with Crippen molar-refractivity contribution in [2.75, 3.05) is 0 Å². The van der Waals surface area contributed by atoms with E-state index in [4.69, 9.17) is 0 Å². The second-order valence-corrected chi connectivity index (χ2v) is 5.70. The summed E-state index contributed by atoms with van der Waals surface area (Å²) in [5.41, 5.74) is 2.69. The molecule has 0 saturated carbocycles. The fourth-order valence-electron chi connectivity index (χ4n) is 2.88. The summed E-state index contributed by atoms with van der Waals surface area (Å²) in [7, 11) is 0. The van der Waals surface area contributed by atoms with Crippen LogP contribution in [-0.4, -0.2) is 21.6 Å². The van der Waals surface area contributed by atoms with E-state index in [1.54, 1.807) is 0 Å². The summed E-state index contributed by atoms with van der Waals surface area (Å²) >= 11 is 0. The molecule has 1 aliphatic carbocycles. The monoisotopic (exact) mass is 260 g/mol. The highest BCUT2D eigenvalue weighted by Crippen LogP contribution is 2.22. The van der Waals surface area contributed by atoms with E-state index in [1.165, 1.54) is 24.2 Å². The molecule has 4 heteroatoms. The Hall–Kier alpha value is -1.34. The molecule has 0 aliphatic heterocycles. The first-order valence-electron chi connectivity index (χ1n) is 7.32. The number of nitrogens with zero attached hydrogens (tertiary/aromatic N) is 3. The SMILES string of the molecule is Cc1nc2c(n1CCC(C#N)NC(C)C)CCCC2. The maximum absolute atomic E-state index is 9.17. The van der Waals surface area contributed by atoms with Gasteiger partial charge in [0.1, 0.15) is 5.82 Å². The molecule has 2 rings (SSSR count). The zero-order valence-corrected chi connectivity index (χ0v) is 12.2. The largest absolute Gasteiger partial charge is 0.332 e. The first-order valence-corrected chi connectivity index (χ1v) is 7.32. The van der Waals surface area contributed by atoms with Crippen LogP contribution in [0.1, 0.15) is 50.3 Å². The van der Waals surface area contributed by atoms with Crippen LogP contribution in [0.15, 0.2) is 0 Å². The van der Waals surface area contributed by atoms with Crippen LogP contribution in [0.4, 0.5) is 0 Å². The third kappa shape index (κ3) is 3.36. The van der Waals surface area contributed by atoms with Gasteiger partial charge in [-0.25, -0.2) is 4.98 Å². The van der Waals surface area contributed by atoms with Crippen LogP contribution in [0.25, 0.3) is 0 Å². The number of aryl methyl sites for hydroxylation is 2. The van der Waals surface area contributed by atoms with Crippen LogP contribution < -0.4 is 5.32 Å². The van der Waals surface area contributed by atoms with E-state index in [0.29, 0.717) is 6.04 Å². The van der Waals surface area contributed by atoms with Crippen molar-refractivity contribution >= 4 is 0 Å². The normalized spacial score (nSPS) is 16.2. The van der Waals surface area contributed by atoms with Crippen molar-refractivity contribution < 1.29 is 0 Å². The molecule has 19 heavy (non-hydrogen) atoms. The van der Waals surface area contributed by atoms with Gasteiger partial charge in [0.15, 0.2) is 0 Å². The molecule has 104 valence electrons. The molecule has 1 aromatic heterocycles. The molecule has 0 amide bonds. The Labute approximate surface area is 115 Å². The number of imidazole rings is 1. The van der Waals surface area contributed by atoms with Crippen molar-refractivity contribution in [2.24, 2.45) is 0 Å². The lowest BCUT2D eigenvalue weighted by Gasteiger charge is -2.18. The molecule has 0 bridgehead atoms. The molecule has 1 aliphatic rings. The number of fused-ring (bicyclic) bond motifs is 1. The topological polar surface area (TPSA) is 53.6 Å². The predicted molar refractivity (Wildman–Crippen MR) is 75.9 cm³/mol. The van der Waals surface area contributed by atoms with Crippen molar-refractivity contribution in [3.8, 4) is 6.07 Å². The van der Waals surface area contributed by atoms with Crippen LogP contribution in [0, 0.1) is 18.3 Å². The highest BCUT2D eigenvalue weighted by molar-refractivity contribution is 5.20. The summed E-state index contributed by atoms with van der Waals surface area (Å²) in [4.78, 5) is 4.68. The first kappa shape index (κ1) is 14.1. The molecule has 1 N–H and O–H groups in total. The third-order valence-electron chi connectivity index (χ3n) is 3.76. The Morgan fingerprint density at radius 3 is 2.79 bits per heavy atom. The Balaban J connectivity index is 2.03. The minimum atomic E-state index is -0.0685. The van der Waals surface area contributed by atoms with Gasteiger partial charge in [0, 0.05) is 18.3 Å². The Morgan fingerprint density at radius 2 is 2.11 bits per heavy atom. The molecule has 1 unspecified atom stereocenters. The summed E-state index contributed by atoms with van der Waals surface area (Å²) < 4.78 is 2.32. The van der Waals surface area contributed by atoms with E-state index >= 15 is 0 Å². The zero-order chi connectivity index (χ0) is 13.8. The smallest absolute Gasteiger partial charge is 0.106 e. The van der Waals surface area contributed by atoms with Crippen molar-refractivity contribution in [2.45, 2.75) is 71.5 Å². The van der Waals surface area contributed by atoms with Gasteiger partial charge in [0.05, 0.1) is 17.8 Å². The van der Waals surface area contributed by atoms with E-state index in [9.17, 15) is 5.26 Å². The maximum Gasteiger partial charge on any atom is 0.106 e. The fraction of sp³-hybridized carbons (Fsp3) is 0.733. The Bertz CT molecular complexity index is 467. The highest BCUT2D eigenvalue weighted by Gasteiger charge is 2.18. The number of hydrogen-bond donors (Lipinski definition) is 1. The number of nitriles is 1. The highest BCUT2D eigenvalue weighted by atomic mass is 15.1. The lowest BCUT2D eigenvalue weighted by molar-refractivity contribution is 0.466. The van der Waals surface area contributed by atoms with Gasteiger partial charge in [0.2, 0.25) is 0 Å². The average Bonchev–Trinajstić information content (AvgIpc) is 2.70. The summed E-state index contributed by atoms with van der Waals surface area (Å²) in [5.74, 6) is 1.10. The van der Waals surface area contributed by atoms with Crippen LogP contribution in [0.2, 0.25) is 0 Å². The van der Waals surface area contributed by atoms with Gasteiger partial charge < -0.3 is 4.57 Å². The summed E-state index contributed by atoms with van der Waals surface area (Å²) in [6.45, 7) is 7.13. The minimum absolute atomic E-state index is 0.0685. The van der Waals surface area contributed by atoms with Gasteiger partial charge in [-0.1, -0.05) is 0 Å². The molecule has 1 atom stereocenters. The summed E-state index contributed by atoms with van der Waals surface area (Å²) in [6, 6.07) is 2.63. The molecule has 4 nitrogen and oxygen atoms in total. The predicted octanol–water partition coefficient (Wildman–Crippen LogP) is 2.35. The number of aromatic nitrogens is 2. The molecule has 0 aromatic carbocycles. The molecule has 0 radical (unpaired) electrons. The Kier molecular flexibility index (Phi) is 4.60. The minimum Gasteiger partial charge on any atom is -0.332 e. The Morgan fingerprint density at radius 1 is 1.37 bits per heavy atom. The van der Waals surface area contributed by atoms with Gasteiger partial charge in [-0.2, -0.15) is 5.26 Å². The molecule has 1 aromatic rings. The summed E-state index contributed by atoms with van der Waals surface area (Å²) in [5, 5.41) is 12.5. The average molecular weight is 260 g/mol. The number of rotatable bonds is 5. The molecule has 0 spiro atoms. The molecular formula is C15H24N4. The van der Waals surface area contributed by atoms with Crippen LogP contribution >= 0.6 is 0 Å². The second kappa shape index (κ2) is 6.21. The molecular weight excluding hydrogens is 236 g/mol. The van der Waals surface area contributed by atoms with E-state index in [1.807, 2.05) is 0 Å². The quantitative estimate of drug-likeness (QED) is 0.884. The van der Waals surface area contributed by atoms with Crippen molar-refractivity contribution in [1.29, 1.82) is 5.26 Å². The van der Waals surface area contributed by atoms with E-state index in [0.717, 1.165) is 31.6 Å². The molecule has 0 fully saturated rings. The van der Waals surface area contributed by atoms with Gasteiger partial charge in [-0.3, -0.25) is 5.32 Å².